The van der Waals surface area contributed by atoms with Gasteiger partial charge in [0.2, 0.25) is 0 Å². The molecule has 1 atom stereocenters. The molecule has 4 N–H and O–H groups in total. The summed E-state index contributed by atoms with van der Waals surface area (Å²) in [6.07, 6.45) is 1.63. The minimum Gasteiger partial charge on any atom is -0.343 e. The summed E-state index contributed by atoms with van der Waals surface area (Å²) in [4.78, 5) is 26.7. The number of nitrogens with zero attached hydrogens (tertiary/aromatic N) is 2. The van der Waals surface area contributed by atoms with Crippen molar-refractivity contribution in [2.24, 2.45) is 7.05 Å². The first-order valence-corrected chi connectivity index (χ1v) is 15.3. The predicted molar refractivity (Wildman–Crippen MR) is 157 cm³/mol. The molecule has 42 heavy (non-hydrogen) atoms. The van der Waals surface area contributed by atoms with Crippen LogP contribution in [0.15, 0.2) is 88.8 Å². The lowest BCUT2D eigenvalue weighted by molar-refractivity contribution is 0.0850. The van der Waals surface area contributed by atoms with Crippen LogP contribution in [0.25, 0.3) is 21.5 Å². The molecule has 12 nitrogen and oxygen atoms in total. The summed E-state index contributed by atoms with van der Waals surface area (Å²) >= 11 is 0. The summed E-state index contributed by atoms with van der Waals surface area (Å²) in [7, 11) is -6.86. The fraction of sp³-hybridized carbons (Fsp3) is 0.0714. The maximum atomic E-state index is 14.6. The van der Waals surface area contributed by atoms with Gasteiger partial charge in [-0.25, -0.2) is 9.59 Å². The molecule has 2 heterocycles. The molecule has 4 aromatic carbocycles. The number of quaternary nitrogens is 1. The third-order valence-electron chi connectivity index (χ3n) is 7.52. The number of anilines is 2. The van der Waals surface area contributed by atoms with Crippen LogP contribution in [0.3, 0.4) is 0 Å². The summed E-state index contributed by atoms with van der Waals surface area (Å²) in [6.45, 7) is 0. The average molecular weight is 608 g/mol. The number of hydrogen-bond acceptors (Lipinski definition) is 6. The zero-order chi connectivity index (χ0) is 30.2. The summed E-state index contributed by atoms with van der Waals surface area (Å²) in [5, 5.41) is 5.47. The topological polar surface area (TPSA) is 172 Å². The van der Waals surface area contributed by atoms with Gasteiger partial charge in [0.15, 0.2) is 16.3 Å². The van der Waals surface area contributed by atoms with Crippen LogP contribution in [0.5, 0.6) is 0 Å². The number of nitrogens with one attached hydrogen (secondary N) is 2. The molecular formula is C28H23N4O8S2+. The van der Waals surface area contributed by atoms with Crippen molar-refractivity contribution in [3.8, 4) is 0 Å². The average Bonchev–Trinajstić information content (AvgIpc) is 3.35. The second kappa shape index (κ2) is 9.20. The van der Waals surface area contributed by atoms with E-state index in [0.29, 0.717) is 5.39 Å². The number of urea groups is 1. The molecule has 6 bridgehead atoms. The van der Waals surface area contributed by atoms with Gasteiger partial charge in [-0.1, -0.05) is 18.2 Å². The van der Waals surface area contributed by atoms with Crippen LogP contribution in [-0.2, 0) is 27.3 Å². The predicted octanol–water partition coefficient (Wildman–Crippen LogP) is 4.89. The minimum absolute atomic E-state index is 0.00348. The van der Waals surface area contributed by atoms with Crippen LogP contribution in [0.1, 0.15) is 10.5 Å². The molecule has 0 fully saturated rings. The number of rotatable bonds is 3. The smallest absolute Gasteiger partial charge is 0.343 e. The highest BCUT2D eigenvalue weighted by atomic mass is 32.2. The molecule has 0 saturated carbocycles. The van der Waals surface area contributed by atoms with E-state index >= 15 is 0 Å². The van der Waals surface area contributed by atoms with Crippen molar-refractivity contribution in [2.75, 3.05) is 17.7 Å². The summed E-state index contributed by atoms with van der Waals surface area (Å²) in [6, 6.07) is 16.7. The second-order valence-electron chi connectivity index (χ2n) is 9.97. The van der Waals surface area contributed by atoms with E-state index in [2.05, 4.69) is 10.6 Å². The lowest BCUT2D eigenvalue weighted by atomic mass is 10.0. The van der Waals surface area contributed by atoms with Gasteiger partial charge >= 0.3 is 22.1 Å². The van der Waals surface area contributed by atoms with Gasteiger partial charge < -0.3 is 15.2 Å². The van der Waals surface area contributed by atoms with Gasteiger partial charge in [0.25, 0.3) is 10.1 Å². The Morgan fingerprint density at radius 1 is 0.786 bits per heavy atom. The van der Waals surface area contributed by atoms with E-state index in [9.17, 15) is 35.5 Å². The van der Waals surface area contributed by atoms with Crippen LogP contribution in [0.2, 0.25) is 0 Å². The van der Waals surface area contributed by atoms with E-state index in [4.69, 9.17) is 0 Å². The molecule has 5 aromatic rings. The number of benzene rings is 4. The van der Waals surface area contributed by atoms with E-state index in [1.165, 1.54) is 43.4 Å². The zero-order valence-electron chi connectivity index (χ0n) is 22.1. The SMILES string of the molecule is Cn1cccc1C(=O)[N+]1(C)c2ccc3cccc(c3c2S(=O)(=O)O)NC(=O)Nc2cccc3c1ccc(S(=O)(=O)O)c23. The Morgan fingerprint density at radius 2 is 1.43 bits per heavy atom. The Labute approximate surface area is 239 Å². The van der Waals surface area contributed by atoms with E-state index in [1.807, 2.05) is 0 Å². The zero-order valence-corrected chi connectivity index (χ0v) is 23.7. The van der Waals surface area contributed by atoms with Crippen LogP contribution in [0.4, 0.5) is 27.5 Å². The van der Waals surface area contributed by atoms with Crippen molar-refractivity contribution in [1.29, 1.82) is 0 Å². The number of aryl methyl sites for hydroxylation is 1. The third-order valence-corrected chi connectivity index (χ3v) is 9.35. The Bertz CT molecular complexity index is 2220. The molecule has 0 aliphatic carbocycles. The maximum Gasteiger partial charge on any atom is 0.372 e. The number of amides is 3. The Kier molecular flexibility index (Phi) is 6.04. The molecule has 1 aliphatic heterocycles. The molecule has 214 valence electrons. The minimum atomic E-state index is -5.07. The number of aromatic nitrogens is 1. The molecule has 1 unspecified atom stereocenters. The van der Waals surface area contributed by atoms with Gasteiger partial charge in [-0.3, -0.25) is 9.11 Å². The van der Waals surface area contributed by atoms with Crippen LogP contribution in [-0.4, -0.2) is 49.5 Å². The van der Waals surface area contributed by atoms with Crippen molar-refractivity contribution in [1.82, 2.24) is 9.05 Å². The Hall–Kier alpha value is -4.60. The van der Waals surface area contributed by atoms with Gasteiger partial charge in [-0.15, -0.1) is 0 Å². The number of hydrogen-bond donors (Lipinski definition) is 4. The Balaban J connectivity index is 1.90. The molecule has 0 saturated heterocycles. The Morgan fingerprint density at radius 3 is 2.05 bits per heavy atom. The highest BCUT2D eigenvalue weighted by Crippen LogP contribution is 2.48. The fourth-order valence-electron chi connectivity index (χ4n) is 5.66. The van der Waals surface area contributed by atoms with E-state index < -0.39 is 46.4 Å². The lowest BCUT2D eigenvalue weighted by Gasteiger charge is -2.34. The molecule has 14 heteroatoms. The molecule has 1 aliphatic rings. The largest absolute Gasteiger partial charge is 0.372 e. The number of fused-ring (bicyclic) bond motifs is 1. The van der Waals surface area contributed by atoms with Crippen LogP contribution >= 0.6 is 0 Å². The molecule has 1 aromatic heterocycles. The van der Waals surface area contributed by atoms with Crippen molar-refractivity contribution in [2.45, 2.75) is 9.79 Å². The normalized spacial score (nSPS) is 17.1. The number of carbonyl (C=O) groups is 2. The van der Waals surface area contributed by atoms with Gasteiger partial charge in [0.05, 0.1) is 18.4 Å². The maximum absolute atomic E-state index is 14.6. The van der Waals surface area contributed by atoms with Crippen molar-refractivity contribution in [3.63, 3.8) is 0 Å². The molecule has 3 amide bonds. The van der Waals surface area contributed by atoms with Crippen molar-refractivity contribution < 1.29 is 35.5 Å². The monoisotopic (exact) mass is 607 g/mol. The number of carbonyl (C=O) groups excluding carboxylic acids is 2. The van der Waals surface area contributed by atoms with E-state index in [-0.39, 0.29) is 44.6 Å². The van der Waals surface area contributed by atoms with Gasteiger partial charge in [0, 0.05) is 41.5 Å². The van der Waals surface area contributed by atoms with E-state index in [1.54, 1.807) is 48.1 Å². The summed E-state index contributed by atoms with van der Waals surface area (Å²) in [5.74, 6) is -0.621. The lowest BCUT2D eigenvalue weighted by Crippen LogP contribution is -2.47. The fourth-order valence-corrected chi connectivity index (χ4v) is 7.38. The van der Waals surface area contributed by atoms with Gasteiger partial charge in [-0.05, 0) is 47.9 Å². The van der Waals surface area contributed by atoms with Gasteiger partial charge in [0.1, 0.15) is 10.6 Å². The quantitative estimate of drug-likeness (QED) is 0.166. The molecule has 0 radical (unpaired) electrons. The van der Waals surface area contributed by atoms with Crippen molar-refractivity contribution in [3.05, 3.63) is 84.7 Å². The first kappa shape index (κ1) is 27.6. The first-order valence-electron chi connectivity index (χ1n) is 12.4. The van der Waals surface area contributed by atoms with Gasteiger partial charge in [-0.2, -0.15) is 21.3 Å². The molecular weight excluding hydrogens is 584 g/mol. The molecule has 6 rings (SSSR count). The summed E-state index contributed by atoms with van der Waals surface area (Å²) < 4.78 is 72.9. The van der Waals surface area contributed by atoms with Crippen LogP contribution < -0.4 is 15.1 Å². The molecule has 0 spiro atoms. The highest BCUT2D eigenvalue weighted by Gasteiger charge is 2.46. The summed E-state index contributed by atoms with van der Waals surface area (Å²) in [5.41, 5.74) is 0.120. The standard InChI is InChI=1S/C28H22N4O8S2/c1-31-15-5-10-20(31)27(33)32(2)21-13-14-23(41(35,36)37)25-17(21)7-4-9-19(25)30-28(34)29-18-8-3-6-16-11-12-22(32)26(24(16)18)42(38,39)40/h3-15H,1-2H3,(H3-,29,30,34,35,36,37,38,39,40)/p+1. The van der Waals surface area contributed by atoms with Crippen molar-refractivity contribution >= 4 is 76.5 Å². The first-order chi connectivity index (χ1) is 19.7. The highest BCUT2D eigenvalue weighted by molar-refractivity contribution is 7.86. The third kappa shape index (κ3) is 4.07. The van der Waals surface area contributed by atoms with E-state index in [0.717, 1.165) is 6.07 Å². The van der Waals surface area contributed by atoms with Crippen LogP contribution in [0, 0.1) is 0 Å². The second-order valence-corrected chi connectivity index (χ2v) is 12.7.